The van der Waals surface area contributed by atoms with Crippen LogP contribution in [0.25, 0.3) is 11.0 Å². The van der Waals surface area contributed by atoms with Crippen molar-refractivity contribution in [3.05, 3.63) is 104 Å². The fourth-order valence-electron chi connectivity index (χ4n) is 4.42. The molecule has 0 fully saturated rings. The molecule has 1 atom stereocenters. The Labute approximate surface area is 186 Å². The minimum absolute atomic E-state index is 0.121. The first-order chi connectivity index (χ1) is 15.3. The second kappa shape index (κ2) is 7.52. The van der Waals surface area contributed by atoms with Crippen LogP contribution in [-0.2, 0) is 6.54 Å². The average Bonchev–Trinajstić information content (AvgIpc) is 3.38. The Kier molecular flexibility index (Phi) is 4.77. The number of aryl methyl sites for hydroxylation is 2. The van der Waals surface area contributed by atoms with Gasteiger partial charge >= 0.3 is 0 Å². The predicted octanol–water partition coefficient (Wildman–Crippen LogP) is 5.87. The molecule has 0 spiro atoms. The minimum atomic E-state index is -0.536. The molecular formula is C27H25NO4. The molecule has 0 unspecified atom stereocenters. The maximum atomic E-state index is 13.7. The predicted molar refractivity (Wildman–Crippen MR) is 123 cm³/mol. The standard InChI is InChI=1S/C27H25NO4/c1-15(2)18-7-9-19(10-8-18)24-23-25(29)21-12-16(3)17(4)13-22(21)32-26(23)27(30)28(24)14-20-6-5-11-31-20/h5-13,15,24H,14H2,1-4H3/t24-/m0/s1. The van der Waals surface area contributed by atoms with Crippen LogP contribution >= 0.6 is 0 Å². The van der Waals surface area contributed by atoms with Crippen LogP contribution in [0.5, 0.6) is 0 Å². The number of nitrogens with zero attached hydrogens (tertiary/aromatic N) is 1. The fourth-order valence-corrected chi connectivity index (χ4v) is 4.42. The molecule has 0 saturated carbocycles. The van der Waals surface area contributed by atoms with Crippen LogP contribution < -0.4 is 5.43 Å². The number of carbonyl (C=O) groups excluding carboxylic acids is 1. The lowest BCUT2D eigenvalue weighted by Crippen LogP contribution is -2.29. The Morgan fingerprint density at radius 2 is 1.72 bits per heavy atom. The van der Waals surface area contributed by atoms with Crippen molar-refractivity contribution in [2.24, 2.45) is 0 Å². The van der Waals surface area contributed by atoms with Crippen molar-refractivity contribution in [2.75, 3.05) is 0 Å². The third kappa shape index (κ3) is 3.16. The molecule has 0 N–H and O–H groups in total. The summed E-state index contributed by atoms with van der Waals surface area (Å²) >= 11 is 0. The first kappa shape index (κ1) is 20.3. The van der Waals surface area contributed by atoms with E-state index in [1.165, 1.54) is 5.56 Å². The number of benzene rings is 2. The maximum Gasteiger partial charge on any atom is 0.291 e. The van der Waals surface area contributed by atoms with Gasteiger partial charge in [0.2, 0.25) is 5.76 Å². The van der Waals surface area contributed by atoms with Gasteiger partial charge in [0.15, 0.2) is 5.43 Å². The highest BCUT2D eigenvalue weighted by atomic mass is 16.3. The SMILES string of the molecule is Cc1cc2oc3c(c(=O)c2cc1C)[C@H](c1ccc(C(C)C)cc1)N(Cc1ccco1)C3=O. The molecule has 1 aliphatic rings. The molecule has 0 aliphatic carbocycles. The van der Waals surface area contributed by atoms with Gasteiger partial charge in [0.05, 0.1) is 29.8 Å². The smallest absolute Gasteiger partial charge is 0.291 e. The molecule has 32 heavy (non-hydrogen) atoms. The van der Waals surface area contributed by atoms with Crippen LogP contribution in [0, 0.1) is 13.8 Å². The van der Waals surface area contributed by atoms with Crippen molar-refractivity contribution >= 4 is 16.9 Å². The van der Waals surface area contributed by atoms with Crippen molar-refractivity contribution in [1.29, 1.82) is 0 Å². The van der Waals surface area contributed by atoms with Gasteiger partial charge in [-0.3, -0.25) is 9.59 Å². The Balaban J connectivity index is 1.73. The maximum absolute atomic E-state index is 13.7. The molecule has 5 nitrogen and oxygen atoms in total. The monoisotopic (exact) mass is 427 g/mol. The van der Waals surface area contributed by atoms with Crippen LogP contribution in [0.1, 0.15) is 69.9 Å². The van der Waals surface area contributed by atoms with Crippen molar-refractivity contribution < 1.29 is 13.6 Å². The average molecular weight is 428 g/mol. The molecule has 5 rings (SSSR count). The first-order valence-corrected chi connectivity index (χ1v) is 10.9. The number of hydrogen-bond donors (Lipinski definition) is 0. The molecule has 3 heterocycles. The van der Waals surface area contributed by atoms with Gasteiger partial charge in [0, 0.05) is 0 Å². The number of amides is 1. The minimum Gasteiger partial charge on any atom is -0.467 e. The number of rotatable bonds is 4. The summed E-state index contributed by atoms with van der Waals surface area (Å²) in [6, 6.07) is 14.9. The van der Waals surface area contributed by atoms with E-state index < -0.39 is 6.04 Å². The van der Waals surface area contributed by atoms with Crippen LogP contribution in [0.3, 0.4) is 0 Å². The summed E-state index contributed by atoms with van der Waals surface area (Å²) in [4.78, 5) is 28.8. The van der Waals surface area contributed by atoms with Crippen molar-refractivity contribution in [2.45, 2.75) is 46.2 Å². The van der Waals surface area contributed by atoms with E-state index in [-0.39, 0.29) is 23.6 Å². The van der Waals surface area contributed by atoms with Crippen molar-refractivity contribution in [3.8, 4) is 0 Å². The Bertz CT molecular complexity index is 1380. The van der Waals surface area contributed by atoms with E-state index in [1.807, 2.05) is 44.2 Å². The zero-order chi connectivity index (χ0) is 22.6. The lowest BCUT2D eigenvalue weighted by Gasteiger charge is -2.24. The Morgan fingerprint density at radius 3 is 2.38 bits per heavy atom. The quantitative estimate of drug-likeness (QED) is 0.408. The van der Waals surface area contributed by atoms with Gasteiger partial charge in [0.1, 0.15) is 11.3 Å². The fraction of sp³-hybridized carbons (Fsp3) is 0.259. The number of hydrogen-bond acceptors (Lipinski definition) is 4. The first-order valence-electron chi connectivity index (χ1n) is 10.9. The van der Waals surface area contributed by atoms with E-state index in [9.17, 15) is 9.59 Å². The molecule has 2 aromatic heterocycles. The number of fused-ring (bicyclic) bond motifs is 2. The summed E-state index contributed by atoms with van der Waals surface area (Å²) in [5.74, 6) is 0.862. The summed E-state index contributed by atoms with van der Waals surface area (Å²) in [7, 11) is 0. The van der Waals surface area contributed by atoms with Crippen LogP contribution in [0.4, 0.5) is 0 Å². The molecule has 0 bridgehead atoms. The highest BCUT2D eigenvalue weighted by molar-refractivity contribution is 5.99. The van der Waals surface area contributed by atoms with Crippen LogP contribution in [-0.4, -0.2) is 10.8 Å². The molecule has 4 aromatic rings. The topological polar surface area (TPSA) is 63.7 Å². The van der Waals surface area contributed by atoms with Gasteiger partial charge in [0.25, 0.3) is 5.91 Å². The van der Waals surface area contributed by atoms with E-state index in [2.05, 4.69) is 26.0 Å². The van der Waals surface area contributed by atoms with Gasteiger partial charge in [-0.2, -0.15) is 0 Å². The molecule has 0 radical (unpaired) electrons. The van der Waals surface area contributed by atoms with E-state index in [1.54, 1.807) is 17.2 Å². The molecule has 2 aromatic carbocycles. The normalized spacial score (nSPS) is 15.7. The lowest BCUT2D eigenvalue weighted by molar-refractivity contribution is 0.0701. The molecular weight excluding hydrogens is 402 g/mol. The summed E-state index contributed by atoms with van der Waals surface area (Å²) in [5.41, 5.74) is 4.79. The summed E-state index contributed by atoms with van der Waals surface area (Å²) in [6.07, 6.45) is 1.58. The third-order valence-electron chi connectivity index (χ3n) is 6.41. The van der Waals surface area contributed by atoms with E-state index in [0.717, 1.165) is 16.7 Å². The van der Waals surface area contributed by atoms with Gasteiger partial charge in [-0.1, -0.05) is 38.1 Å². The zero-order valence-electron chi connectivity index (χ0n) is 18.6. The van der Waals surface area contributed by atoms with Crippen LogP contribution in [0.2, 0.25) is 0 Å². The highest BCUT2D eigenvalue weighted by Gasteiger charge is 2.43. The molecule has 5 heteroatoms. The number of furan rings is 1. The summed E-state index contributed by atoms with van der Waals surface area (Å²) < 4.78 is 11.6. The van der Waals surface area contributed by atoms with Gasteiger partial charge in [-0.15, -0.1) is 0 Å². The molecule has 1 aliphatic heterocycles. The van der Waals surface area contributed by atoms with Gasteiger partial charge in [-0.25, -0.2) is 0 Å². The summed E-state index contributed by atoms with van der Waals surface area (Å²) in [5, 5.41) is 0.503. The van der Waals surface area contributed by atoms with Crippen molar-refractivity contribution in [3.63, 3.8) is 0 Å². The molecule has 1 amide bonds. The van der Waals surface area contributed by atoms with E-state index in [0.29, 0.717) is 28.2 Å². The largest absolute Gasteiger partial charge is 0.467 e. The lowest BCUT2D eigenvalue weighted by atomic mass is 9.95. The van der Waals surface area contributed by atoms with Gasteiger partial charge < -0.3 is 13.7 Å². The summed E-state index contributed by atoms with van der Waals surface area (Å²) in [6.45, 7) is 8.46. The van der Waals surface area contributed by atoms with Crippen molar-refractivity contribution in [1.82, 2.24) is 4.90 Å². The van der Waals surface area contributed by atoms with Gasteiger partial charge in [-0.05, 0) is 66.3 Å². The zero-order valence-corrected chi connectivity index (χ0v) is 18.6. The third-order valence-corrected chi connectivity index (χ3v) is 6.41. The second-order valence-corrected chi connectivity index (χ2v) is 8.84. The molecule has 0 saturated heterocycles. The highest BCUT2D eigenvalue weighted by Crippen LogP contribution is 2.39. The van der Waals surface area contributed by atoms with Crippen LogP contribution in [0.15, 0.2) is 68.4 Å². The van der Waals surface area contributed by atoms with E-state index >= 15 is 0 Å². The Hall–Kier alpha value is -3.60. The van der Waals surface area contributed by atoms with E-state index in [4.69, 9.17) is 8.83 Å². The second-order valence-electron chi connectivity index (χ2n) is 8.84. The number of carbonyl (C=O) groups is 1. The Morgan fingerprint density at radius 1 is 1.00 bits per heavy atom. The molecule has 162 valence electrons.